The lowest BCUT2D eigenvalue weighted by Gasteiger charge is -1.98. The van der Waals surface area contributed by atoms with Crippen LogP contribution in [0.4, 0.5) is 0 Å². The number of aliphatic carboxylic acids is 1. The van der Waals surface area contributed by atoms with Crippen LogP contribution in [0.5, 0.6) is 0 Å². The average molecular weight is 219 g/mol. The minimum Gasteiger partial charge on any atom is -0.481 e. The first kappa shape index (κ1) is 11.9. The van der Waals surface area contributed by atoms with Gasteiger partial charge in [0.15, 0.2) is 0 Å². The van der Waals surface area contributed by atoms with Crippen molar-refractivity contribution >= 4 is 5.97 Å². The molecule has 2 rings (SSSR count). The third-order valence-corrected chi connectivity index (χ3v) is 1.84. The van der Waals surface area contributed by atoms with Crippen LogP contribution in [0.15, 0.2) is 30.5 Å². The number of rotatable bonds is 1. The molecule has 0 amide bonds. The van der Waals surface area contributed by atoms with E-state index in [0.29, 0.717) is 0 Å². The van der Waals surface area contributed by atoms with Gasteiger partial charge in [0.05, 0.1) is 6.20 Å². The minimum absolute atomic E-state index is 0.833. The molecule has 0 bridgehead atoms. The summed E-state index contributed by atoms with van der Waals surface area (Å²) < 4.78 is 0. The maximum Gasteiger partial charge on any atom is 0.300 e. The van der Waals surface area contributed by atoms with Crippen molar-refractivity contribution in [2.75, 3.05) is 0 Å². The largest absolute Gasteiger partial charge is 0.481 e. The Balaban J connectivity index is 0.000000280. The Morgan fingerprint density at radius 2 is 2.00 bits per heavy atom. The molecule has 1 aromatic carbocycles. The summed E-state index contributed by atoms with van der Waals surface area (Å²) in [5, 5.41) is 17.8. The third kappa shape index (κ3) is 3.53. The molecule has 0 radical (unpaired) electrons. The zero-order chi connectivity index (χ0) is 12.0. The number of carboxylic acid groups (broad SMARTS) is 1. The van der Waals surface area contributed by atoms with E-state index in [-0.39, 0.29) is 0 Å². The second-order valence-electron chi connectivity index (χ2n) is 3.19. The first-order valence-electron chi connectivity index (χ1n) is 4.72. The van der Waals surface area contributed by atoms with Crippen LogP contribution in [0.2, 0.25) is 0 Å². The van der Waals surface area contributed by atoms with Crippen LogP contribution < -0.4 is 0 Å². The monoisotopic (exact) mass is 219 g/mol. The first-order valence-corrected chi connectivity index (χ1v) is 4.72. The summed E-state index contributed by atoms with van der Waals surface area (Å²) in [7, 11) is 0. The van der Waals surface area contributed by atoms with Crippen LogP contribution in [-0.2, 0) is 4.79 Å². The molecule has 0 aliphatic rings. The minimum atomic E-state index is -0.833. The molecule has 0 fully saturated rings. The number of aromatic nitrogens is 3. The summed E-state index contributed by atoms with van der Waals surface area (Å²) >= 11 is 0. The Morgan fingerprint density at radius 3 is 2.50 bits per heavy atom. The first-order chi connectivity index (χ1) is 7.61. The van der Waals surface area contributed by atoms with E-state index in [4.69, 9.17) is 9.90 Å². The van der Waals surface area contributed by atoms with Gasteiger partial charge in [0.2, 0.25) is 0 Å². The van der Waals surface area contributed by atoms with Crippen molar-refractivity contribution in [3.8, 4) is 11.3 Å². The van der Waals surface area contributed by atoms with Gasteiger partial charge in [-0.05, 0) is 12.5 Å². The molecule has 2 aromatic rings. The SMILES string of the molecule is CC(=O)O.Cc1ccccc1-c1cn[nH]n1. The molecule has 0 saturated carbocycles. The Morgan fingerprint density at radius 1 is 1.38 bits per heavy atom. The van der Waals surface area contributed by atoms with E-state index < -0.39 is 5.97 Å². The standard InChI is InChI=1S/C9H9N3.C2H4O2/c1-7-4-2-3-5-8(7)9-6-10-12-11-9;1-2(3)4/h2-6H,1H3,(H,10,11,12);1H3,(H,3,4). The predicted octanol–water partition coefficient (Wildman–Crippen LogP) is 1.87. The van der Waals surface area contributed by atoms with Crippen molar-refractivity contribution < 1.29 is 9.90 Å². The molecule has 0 unspecified atom stereocenters. The summed E-state index contributed by atoms with van der Waals surface area (Å²) in [4.78, 5) is 9.00. The molecular formula is C11H13N3O2. The van der Waals surface area contributed by atoms with Gasteiger partial charge in [-0.2, -0.15) is 15.4 Å². The normalized spacial score (nSPS) is 9.12. The fourth-order valence-corrected chi connectivity index (χ4v) is 1.19. The van der Waals surface area contributed by atoms with Gasteiger partial charge in [-0.15, -0.1) is 0 Å². The van der Waals surface area contributed by atoms with Crippen molar-refractivity contribution in [1.29, 1.82) is 0 Å². The van der Waals surface area contributed by atoms with Gasteiger partial charge in [-0.25, -0.2) is 0 Å². The molecule has 0 aliphatic carbocycles. The van der Waals surface area contributed by atoms with Gasteiger partial charge in [-0.1, -0.05) is 24.3 Å². The van der Waals surface area contributed by atoms with Crippen molar-refractivity contribution in [2.24, 2.45) is 0 Å². The Hall–Kier alpha value is -2.17. The number of benzene rings is 1. The van der Waals surface area contributed by atoms with Crippen LogP contribution in [0.25, 0.3) is 11.3 Å². The third-order valence-electron chi connectivity index (χ3n) is 1.84. The highest BCUT2D eigenvalue weighted by molar-refractivity contribution is 5.63. The van der Waals surface area contributed by atoms with Crippen molar-refractivity contribution in [2.45, 2.75) is 13.8 Å². The molecule has 16 heavy (non-hydrogen) atoms. The van der Waals surface area contributed by atoms with Gasteiger partial charge < -0.3 is 5.11 Å². The zero-order valence-electron chi connectivity index (χ0n) is 9.14. The fourth-order valence-electron chi connectivity index (χ4n) is 1.19. The van der Waals surface area contributed by atoms with Gasteiger partial charge in [0.25, 0.3) is 5.97 Å². The Bertz CT molecular complexity index is 448. The predicted molar refractivity (Wildman–Crippen MR) is 59.9 cm³/mol. The van der Waals surface area contributed by atoms with Crippen LogP contribution >= 0.6 is 0 Å². The van der Waals surface area contributed by atoms with Crippen molar-refractivity contribution in [3.63, 3.8) is 0 Å². The Labute approximate surface area is 93.1 Å². The van der Waals surface area contributed by atoms with E-state index in [1.807, 2.05) is 18.2 Å². The van der Waals surface area contributed by atoms with Gasteiger partial charge in [0.1, 0.15) is 5.69 Å². The fraction of sp³-hybridized carbons (Fsp3) is 0.182. The summed E-state index contributed by atoms with van der Waals surface area (Å²) in [5.41, 5.74) is 3.24. The summed E-state index contributed by atoms with van der Waals surface area (Å²) in [6, 6.07) is 8.10. The molecule has 1 heterocycles. The smallest absolute Gasteiger partial charge is 0.300 e. The lowest BCUT2D eigenvalue weighted by atomic mass is 10.1. The molecular weight excluding hydrogens is 206 g/mol. The Kier molecular flexibility index (Phi) is 4.20. The quantitative estimate of drug-likeness (QED) is 0.767. The van der Waals surface area contributed by atoms with E-state index in [9.17, 15) is 0 Å². The number of H-pyrrole nitrogens is 1. The molecule has 5 nitrogen and oxygen atoms in total. The van der Waals surface area contributed by atoms with E-state index in [2.05, 4.69) is 28.4 Å². The molecule has 0 saturated heterocycles. The van der Waals surface area contributed by atoms with Gasteiger partial charge in [0, 0.05) is 12.5 Å². The highest BCUT2D eigenvalue weighted by Crippen LogP contribution is 2.18. The van der Waals surface area contributed by atoms with E-state index >= 15 is 0 Å². The summed E-state index contributed by atoms with van der Waals surface area (Å²) in [6.07, 6.45) is 1.72. The van der Waals surface area contributed by atoms with Crippen molar-refractivity contribution in [3.05, 3.63) is 36.0 Å². The molecule has 0 atom stereocenters. The van der Waals surface area contributed by atoms with Crippen LogP contribution in [0.1, 0.15) is 12.5 Å². The van der Waals surface area contributed by atoms with Gasteiger partial charge in [-0.3, -0.25) is 4.79 Å². The van der Waals surface area contributed by atoms with Gasteiger partial charge >= 0.3 is 0 Å². The maximum atomic E-state index is 9.00. The number of carboxylic acids is 1. The van der Waals surface area contributed by atoms with E-state index in [1.165, 1.54) is 5.56 Å². The number of nitrogens with zero attached hydrogens (tertiary/aromatic N) is 2. The molecule has 0 aliphatic heterocycles. The zero-order valence-corrected chi connectivity index (χ0v) is 9.14. The molecule has 84 valence electrons. The van der Waals surface area contributed by atoms with E-state index in [0.717, 1.165) is 18.2 Å². The highest BCUT2D eigenvalue weighted by atomic mass is 16.4. The number of aromatic amines is 1. The number of carbonyl (C=O) groups is 1. The van der Waals surface area contributed by atoms with Crippen molar-refractivity contribution in [1.82, 2.24) is 15.4 Å². The number of aryl methyl sites for hydroxylation is 1. The lowest BCUT2D eigenvalue weighted by molar-refractivity contribution is -0.134. The topological polar surface area (TPSA) is 78.9 Å². The molecule has 1 aromatic heterocycles. The molecule has 2 N–H and O–H groups in total. The number of nitrogens with one attached hydrogen (secondary N) is 1. The second kappa shape index (κ2) is 5.65. The van der Waals surface area contributed by atoms with E-state index in [1.54, 1.807) is 6.20 Å². The number of hydrogen-bond acceptors (Lipinski definition) is 3. The maximum absolute atomic E-state index is 9.00. The highest BCUT2D eigenvalue weighted by Gasteiger charge is 2.01. The molecule has 5 heteroatoms. The number of hydrogen-bond donors (Lipinski definition) is 2. The summed E-state index contributed by atoms with van der Waals surface area (Å²) in [6.45, 7) is 3.14. The summed E-state index contributed by atoms with van der Waals surface area (Å²) in [5.74, 6) is -0.833. The van der Waals surface area contributed by atoms with Crippen LogP contribution in [-0.4, -0.2) is 26.5 Å². The molecule has 0 spiro atoms. The average Bonchev–Trinajstić information content (AvgIpc) is 2.70. The van der Waals surface area contributed by atoms with Crippen LogP contribution in [0, 0.1) is 6.92 Å². The lowest BCUT2D eigenvalue weighted by Crippen LogP contribution is -1.81. The van der Waals surface area contributed by atoms with Crippen LogP contribution in [0.3, 0.4) is 0 Å². The second-order valence-corrected chi connectivity index (χ2v) is 3.19.